The van der Waals surface area contributed by atoms with Crippen LogP contribution in [-0.2, 0) is 11.0 Å². The highest BCUT2D eigenvalue weighted by molar-refractivity contribution is 7.99. The van der Waals surface area contributed by atoms with Gasteiger partial charge in [-0.25, -0.2) is 9.97 Å². The molecule has 34 heavy (non-hydrogen) atoms. The molecular weight excluding hydrogens is 489 g/mol. The fourth-order valence-corrected chi connectivity index (χ4v) is 4.64. The molecule has 1 amide bonds. The summed E-state index contributed by atoms with van der Waals surface area (Å²) >= 11 is 1.69. The van der Waals surface area contributed by atoms with Gasteiger partial charge in [-0.1, -0.05) is 11.8 Å². The van der Waals surface area contributed by atoms with Crippen molar-refractivity contribution in [2.45, 2.75) is 25.2 Å². The Hall–Kier alpha value is -3.43. The number of amides is 1. The Bertz CT molecular complexity index is 1280. The zero-order chi connectivity index (χ0) is 25.0. The number of anilines is 1. The first-order valence-electron chi connectivity index (χ1n) is 9.61. The molecule has 0 atom stereocenters. The van der Waals surface area contributed by atoms with Gasteiger partial charge in [0.05, 0.1) is 29.0 Å². The molecule has 0 aliphatic rings. The summed E-state index contributed by atoms with van der Waals surface area (Å²) in [6, 6.07) is 9.11. The molecule has 0 spiro atoms. The van der Waals surface area contributed by atoms with Crippen molar-refractivity contribution >= 4 is 39.8 Å². The number of thiophene rings is 1. The first-order valence-corrected chi connectivity index (χ1v) is 11.4. The highest BCUT2D eigenvalue weighted by atomic mass is 32.2. The molecule has 12 heteroatoms. The van der Waals surface area contributed by atoms with Gasteiger partial charge in [0.25, 0.3) is 0 Å². The summed E-state index contributed by atoms with van der Waals surface area (Å²) in [4.78, 5) is 32.2. The minimum absolute atomic E-state index is 0.0413. The average molecular weight is 507 g/mol. The van der Waals surface area contributed by atoms with Gasteiger partial charge < -0.3 is 10.1 Å². The molecule has 0 radical (unpaired) electrons. The highest BCUT2D eigenvalue weighted by Crippen LogP contribution is 2.34. The number of rotatable bonds is 7. The van der Waals surface area contributed by atoms with Gasteiger partial charge in [-0.2, -0.15) is 18.4 Å². The van der Waals surface area contributed by atoms with Gasteiger partial charge in [-0.05, 0) is 49.7 Å². The summed E-state index contributed by atoms with van der Waals surface area (Å²) in [5.41, 5.74) is -0.0361. The van der Waals surface area contributed by atoms with Crippen LogP contribution in [0.3, 0.4) is 0 Å². The van der Waals surface area contributed by atoms with Gasteiger partial charge in [0.15, 0.2) is 10.9 Å². The van der Waals surface area contributed by atoms with Gasteiger partial charge in [0.2, 0.25) is 5.91 Å². The Balaban J connectivity index is 1.82. The van der Waals surface area contributed by atoms with E-state index in [1.54, 1.807) is 31.2 Å². The Morgan fingerprint density at radius 3 is 2.47 bits per heavy atom. The number of carbonyl (C=O) groups excluding carboxylic acids is 2. The van der Waals surface area contributed by atoms with E-state index in [1.807, 2.05) is 6.07 Å². The molecule has 1 aromatic carbocycles. The molecule has 1 N–H and O–H groups in total. The molecule has 3 rings (SSSR count). The SMILES string of the molecule is COc1ccc(-c2cc(C(F)(F)F)nc(SCC(=O)Nc3sc(C(C)=O)c(C)c3C#N)n2)cc1. The van der Waals surface area contributed by atoms with Gasteiger partial charge in [0, 0.05) is 5.56 Å². The number of methoxy groups -OCH3 is 1. The summed E-state index contributed by atoms with van der Waals surface area (Å²) in [6.45, 7) is 2.96. The van der Waals surface area contributed by atoms with Crippen molar-refractivity contribution in [1.29, 1.82) is 5.26 Å². The number of carbonyl (C=O) groups is 2. The molecular formula is C22H17F3N4O3S2. The van der Waals surface area contributed by atoms with E-state index >= 15 is 0 Å². The van der Waals surface area contributed by atoms with Crippen molar-refractivity contribution in [3.8, 4) is 23.1 Å². The number of aromatic nitrogens is 2. The Morgan fingerprint density at radius 2 is 1.91 bits per heavy atom. The molecule has 3 aromatic rings. The molecule has 0 saturated heterocycles. The zero-order valence-corrected chi connectivity index (χ0v) is 19.7. The van der Waals surface area contributed by atoms with Crippen molar-refractivity contribution in [2.24, 2.45) is 0 Å². The number of halogens is 3. The van der Waals surface area contributed by atoms with Gasteiger partial charge in [0.1, 0.15) is 22.5 Å². The number of alkyl halides is 3. The van der Waals surface area contributed by atoms with E-state index in [0.29, 0.717) is 21.8 Å². The average Bonchev–Trinajstić information content (AvgIpc) is 3.12. The lowest BCUT2D eigenvalue weighted by molar-refractivity contribution is -0.141. The minimum Gasteiger partial charge on any atom is -0.497 e. The summed E-state index contributed by atoms with van der Waals surface area (Å²) in [5.74, 6) is -0.587. The summed E-state index contributed by atoms with van der Waals surface area (Å²) in [7, 11) is 1.47. The second kappa shape index (κ2) is 10.2. The fraction of sp³-hybridized carbons (Fsp3) is 0.227. The monoisotopic (exact) mass is 506 g/mol. The Labute approximate surface area is 201 Å². The second-order valence-electron chi connectivity index (χ2n) is 6.91. The molecule has 0 bridgehead atoms. The second-order valence-corrected chi connectivity index (χ2v) is 8.88. The summed E-state index contributed by atoms with van der Waals surface area (Å²) in [6.07, 6.45) is -4.71. The number of nitrogens with one attached hydrogen (secondary N) is 1. The summed E-state index contributed by atoms with van der Waals surface area (Å²) in [5, 5.41) is 11.9. The number of hydrogen-bond acceptors (Lipinski definition) is 8. The lowest BCUT2D eigenvalue weighted by Crippen LogP contribution is -2.15. The van der Waals surface area contributed by atoms with E-state index in [4.69, 9.17) is 4.74 Å². The van der Waals surface area contributed by atoms with E-state index in [1.165, 1.54) is 14.0 Å². The van der Waals surface area contributed by atoms with Crippen LogP contribution in [0.25, 0.3) is 11.3 Å². The molecule has 176 valence electrons. The van der Waals surface area contributed by atoms with Crippen molar-refractivity contribution in [2.75, 3.05) is 18.2 Å². The van der Waals surface area contributed by atoms with E-state index in [-0.39, 0.29) is 33.0 Å². The summed E-state index contributed by atoms with van der Waals surface area (Å²) < 4.78 is 45.3. The number of benzene rings is 1. The third kappa shape index (κ3) is 5.73. The standard InChI is InChI=1S/C22H17F3N4O3S2/c1-11-15(9-26)20(34-19(11)12(2)30)29-18(31)10-33-21-27-16(8-17(28-21)22(23,24)25)13-4-6-14(32-3)7-5-13/h4-8H,10H2,1-3H3,(H,29,31). The van der Waals surface area contributed by atoms with E-state index < -0.39 is 17.8 Å². The molecule has 0 unspecified atom stereocenters. The zero-order valence-electron chi connectivity index (χ0n) is 18.1. The quantitative estimate of drug-likeness (QED) is 0.262. The number of nitrogens with zero attached hydrogens (tertiary/aromatic N) is 3. The van der Waals surface area contributed by atoms with E-state index in [0.717, 1.165) is 29.2 Å². The first-order chi connectivity index (χ1) is 16.0. The molecule has 0 saturated carbocycles. The first kappa shape index (κ1) is 25.2. The highest BCUT2D eigenvalue weighted by Gasteiger charge is 2.34. The van der Waals surface area contributed by atoms with Crippen molar-refractivity contribution in [3.05, 3.63) is 52.0 Å². The topological polar surface area (TPSA) is 105 Å². The largest absolute Gasteiger partial charge is 0.497 e. The third-order valence-electron chi connectivity index (χ3n) is 4.55. The maximum absolute atomic E-state index is 13.4. The molecule has 0 aliphatic carbocycles. The molecule has 2 aromatic heterocycles. The van der Waals surface area contributed by atoms with Crippen LogP contribution >= 0.6 is 23.1 Å². The third-order valence-corrected chi connectivity index (χ3v) is 6.70. The number of Topliss-reactive ketones (excluding diaryl/α,β-unsaturated/α-hetero) is 1. The lowest BCUT2D eigenvalue weighted by Gasteiger charge is -2.11. The van der Waals surface area contributed by atoms with Crippen molar-refractivity contribution in [1.82, 2.24) is 9.97 Å². The fourth-order valence-electron chi connectivity index (χ4n) is 2.91. The van der Waals surface area contributed by atoms with Gasteiger partial charge >= 0.3 is 6.18 Å². The molecule has 2 heterocycles. The Morgan fingerprint density at radius 1 is 1.24 bits per heavy atom. The Kier molecular flexibility index (Phi) is 7.58. The molecule has 7 nitrogen and oxygen atoms in total. The smallest absolute Gasteiger partial charge is 0.433 e. The maximum Gasteiger partial charge on any atom is 0.433 e. The molecule has 0 aliphatic heterocycles. The maximum atomic E-state index is 13.4. The van der Waals surface area contributed by atoms with E-state index in [2.05, 4.69) is 15.3 Å². The van der Waals surface area contributed by atoms with Crippen LogP contribution in [0.2, 0.25) is 0 Å². The van der Waals surface area contributed by atoms with Crippen molar-refractivity contribution < 1.29 is 27.5 Å². The molecule has 0 fully saturated rings. The van der Waals surface area contributed by atoms with Crippen LogP contribution in [0.4, 0.5) is 18.2 Å². The van der Waals surface area contributed by atoms with Crippen LogP contribution in [0.15, 0.2) is 35.5 Å². The number of ether oxygens (including phenoxy) is 1. The van der Waals surface area contributed by atoms with Crippen LogP contribution in [0.1, 0.15) is 33.4 Å². The number of hydrogen-bond donors (Lipinski definition) is 1. The van der Waals surface area contributed by atoms with Crippen molar-refractivity contribution in [3.63, 3.8) is 0 Å². The van der Waals surface area contributed by atoms with Gasteiger partial charge in [-0.3, -0.25) is 9.59 Å². The lowest BCUT2D eigenvalue weighted by atomic mass is 10.1. The number of thioether (sulfide) groups is 1. The number of nitriles is 1. The van der Waals surface area contributed by atoms with Crippen LogP contribution in [0, 0.1) is 18.3 Å². The van der Waals surface area contributed by atoms with Crippen LogP contribution in [0.5, 0.6) is 5.75 Å². The number of ketones is 1. The van der Waals surface area contributed by atoms with Crippen LogP contribution < -0.4 is 10.1 Å². The minimum atomic E-state index is -4.71. The van der Waals surface area contributed by atoms with Crippen LogP contribution in [-0.4, -0.2) is 34.5 Å². The van der Waals surface area contributed by atoms with E-state index in [9.17, 15) is 28.0 Å². The predicted molar refractivity (Wildman–Crippen MR) is 122 cm³/mol. The normalized spacial score (nSPS) is 11.1. The predicted octanol–water partition coefficient (Wildman–Crippen LogP) is 5.35. The van der Waals surface area contributed by atoms with Gasteiger partial charge in [-0.15, -0.1) is 11.3 Å².